The summed E-state index contributed by atoms with van der Waals surface area (Å²) in [6, 6.07) is 0. The molecule has 2 heteroatoms. The second-order valence-corrected chi connectivity index (χ2v) is 14.1. The quantitative estimate of drug-likeness (QED) is 0.475. The van der Waals surface area contributed by atoms with Crippen LogP contribution in [0.25, 0.3) is 0 Å². The highest BCUT2D eigenvalue weighted by atomic mass is 31.1. The lowest BCUT2D eigenvalue weighted by Crippen LogP contribution is -2.29. The Hall–Kier alpha value is 0.962. The zero-order valence-electron chi connectivity index (χ0n) is 10.7. The van der Waals surface area contributed by atoms with Gasteiger partial charge in [0.15, 0.2) is 0 Å². The van der Waals surface area contributed by atoms with Crippen LogP contribution in [0.1, 0.15) is 41.5 Å². The number of rotatable bonds is 2. The summed E-state index contributed by atoms with van der Waals surface area (Å²) in [5.74, 6) is 4.96. The van der Waals surface area contributed by atoms with Crippen molar-refractivity contribution in [3.05, 3.63) is 0 Å². The van der Waals surface area contributed by atoms with E-state index in [0.29, 0.717) is 10.3 Å². The van der Waals surface area contributed by atoms with Crippen molar-refractivity contribution in [1.82, 2.24) is 0 Å². The van der Waals surface area contributed by atoms with Gasteiger partial charge in [-0.25, -0.2) is 0 Å². The maximum atomic E-state index is 2.48. The predicted molar refractivity (Wildman–Crippen MR) is 68.8 cm³/mol. The summed E-state index contributed by atoms with van der Waals surface area (Å²) >= 11 is -0.399. The zero-order valence-corrected chi connectivity index (χ0v) is 12.8. The molecule has 0 atom stereocenters. The second kappa shape index (κ2) is 4.65. The van der Waals surface area contributed by atoms with E-state index in [2.05, 4.69) is 53.1 Å². The van der Waals surface area contributed by atoms with Crippen LogP contribution in [0.5, 0.6) is 0 Å². The van der Waals surface area contributed by atoms with E-state index in [1.807, 2.05) is 0 Å². The smallest absolute Gasteiger partial charge is 0.109 e. The first-order chi connectivity index (χ1) is 5.55. The van der Waals surface area contributed by atoms with Crippen molar-refractivity contribution >= 4 is 22.1 Å². The Bertz CT molecular complexity index is 136. The molecule has 0 aromatic heterocycles. The van der Waals surface area contributed by atoms with Gasteiger partial charge < -0.3 is 0 Å². The van der Waals surface area contributed by atoms with Gasteiger partial charge in [-0.05, 0) is 10.3 Å². The molecule has 0 aliphatic rings. The predicted octanol–water partition coefficient (Wildman–Crippen LogP) is 4.36. The van der Waals surface area contributed by atoms with Gasteiger partial charge in [-0.15, -0.1) is 19.5 Å². The average Bonchev–Trinajstić information content (AvgIpc) is 1.77. The first-order valence-electron chi connectivity index (χ1n) is 5.33. The molecule has 0 unspecified atom stereocenters. The highest BCUT2D eigenvalue weighted by molar-refractivity contribution is 7.62. The van der Waals surface area contributed by atoms with Gasteiger partial charge in [0.2, 0.25) is 0 Å². The summed E-state index contributed by atoms with van der Waals surface area (Å²) in [4.78, 5) is 0. The minimum absolute atomic E-state index is 0.180. The van der Waals surface area contributed by atoms with Crippen LogP contribution < -0.4 is 0 Å². The SMILES string of the molecule is [CH3][Al]([CH3])[CH2]P(C(C)(C)C)C(C)(C)C. The summed E-state index contributed by atoms with van der Waals surface area (Å²) in [6.45, 7) is 14.5. The van der Waals surface area contributed by atoms with Crippen LogP contribution in [-0.2, 0) is 0 Å². The Morgan fingerprint density at radius 3 is 1.23 bits per heavy atom. The van der Waals surface area contributed by atoms with Crippen LogP contribution in [0.3, 0.4) is 0 Å². The monoisotopic (exact) mass is 216 g/mol. The largest absolute Gasteiger partial charge is 0.260 e. The fourth-order valence-electron chi connectivity index (χ4n) is 1.92. The van der Waals surface area contributed by atoms with Crippen molar-refractivity contribution in [2.75, 3.05) is 5.02 Å². The maximum absolute atomic E-state index is 2.48. The zero-order chi connectivity index (χ0) is 10.9. The highest BCUT2D eigenvalue weighted by Crippen LogP contribution is 2.59. The van der Waals surface area contributed by atoms with Crippen molar-refractivity contribution in [3.8, 4) is 0 Å². The normalized spacial score (nSPS) is 13.6. The van der Waals surface area contributed by atoms with E-state index in [-0.39, 0.29) is 7.92 Å². The van der Waals surface area contributed by atoms with E-state index in [1.54, 1.807) is 5.02 Å². The highest BCUT2D eigenvalue weighted by Gasteiger charge is 2.34. The molecular formula is C11H26AlP. The van der Waals surface area contributed by atoms with Crippen LogP contribution >= 0.6 is 7.92 Å². The Labute approximate surface area is 90.6 Å². The fraction of sp³-hybridized carbons (Fsp3) is 1.00. The van der Waals surface area contributed by atoms with Crippen molar-refractivity contribution in [3.63, 3.8) is 0 Å². The van der Waals surface area contributed by atoms with Crippen molar-refractivity contribution in [2.45, 2.75) is 63.4 Å². The Morgan fingerprint density at radius 2 is 1.15 bits per heavy atom. The van der Waals surface area contributed by atoms with Gasteiger partial charge in [0, 0.05) is 0 Å². The molecule has 0 amide bonds. The molecule has 0 saturated heterocycles. The number of hydrogen-bond acceptors (Lipinski definition) is 0. The fourth-order valence-corrected chi connectivity index (χ4v) is 11.2. The maximum Gasteiger partial charge on any atom is 0.260 e. The third kappa shape index (κ3) is 5.41. The van der Waals surface area contributed by atoms with E-state index in [0.717, 1.165) is 0 Å². The lowest BCUT2D eigenvalue weighted by atomic mass is 10.2. The summed E-state index contributed by atoms with van der Waals surface area (Å²) < 4.78 is 0. The molecule has 0 aromatic carbocycles. The van der Waals surface area contributed by atoms with E-state index >= 15 is 0 Å². The first-order valence-corrected chi connectivity index (χ1v) is 9.98. The Kier molecular flexibility index (Phi) is 5.00. The molecule has 78 valence electrons. The standard InChI is InChI=1S/C9H20P.2CH3.Al/c1-8(2,3)10(7)9(4,5)6;;;/h7H2,1-6H3;2*1H3;. The van der Waals surface area contributed by atoms with Gasteiger partial charge in [-0.1, -0.05) is 46.6 Å². The van der Waals surface area contributed by atoms with Gasteiger partial charge in [-0.3, -0.25) is 0 Å². The van der Waals surface area contributed by atoms with E-state index in [9.17, 15) is 0 Å². The van der Waals surface area contributed by atoms with Gasteiger partial charge in [0.1, 0.15) is 0 Å². The van der Waals surface area contributed by atoms with Crippen LogP contribution in [0.15, 0.2) is 0 Å². The molecule has 13 heavy (non-hydrogen) atoms. The van der Waals surface area contributed by atoms with E-state index in [1.165, 1.54) is 0 Å². The summed E-state index contributed by atoms with van der Waals surface area (Å²) in [7, 11) is 0.180. The number of hydrogen-bond donors (Lipinski definition) is 0. The minimum atomic E-state index is -0.399. The van der Waals surface area contributed by atoms with Crippen LogP contribution in [0.4, 0.5) is 0 Å². The lowest BCUT2D eigenvalue weighted by molar-refractivity contribution is 0.709. The molecule has 0 bridgehead atoms. The molecule has 0 saturated carbocycles. The molecule has 0 radical (unpaired) electrons. The van der Waals surface area contributed by atoms with Crippen LogP contribution in [0, 0.1) is 0 Å². The van der Waals surface area contributed by atoms with Crippen molar-refractivity contribution < 1.29 is 0 Å². The van der Waals surface area contributed by atoms with E-state index < -0.39 is 14.1 Å². The molecule has 0 spiro atoms. The van der Waals surface area contributed by atoms with Crippen LogP contribution in [0.2, 0.25) is 11.6 Å². The topological polar surface area (TPSA) is 0 Å². The minimum Gasteiger partial charge on any atom is -0.109 e. The van der Waals surface area contributed by atoms with Gasteiger partial charge in [0.25, 0.3) is 14.1 Å². The van der Waals surface area contributed by atoms with Gasteiger partial charge >= 0.3 is 0 Å². The summed E-state index contributed by atoms with van der Waals surface area (Å²) in [5, 5.41) is 2.61. The molecule has 0 heterocycles. The molecule has 0 fully saturated rings. The molecular weight excluding hydrogens is 190 g/mol. The van der Waals surface area contributed by atoms with Gasteiger partial charge in [0.05, 0.1) is 0 Å². The van der Waals surface area contributed by atoms with Crippen molar-refractivity contribution in [1.29, 1.82) is 0 Å². The third-order valence-electron chi connectivity index (χ3n) is 2.17. The van der Waals surface area contributed by atoms with Crippen LogP contribution in [-0.4, -0.2) is 29.5 Å². The second-order valence-electron chi connectivity index (χ2n) is 6.35. The van der Waals surface area contributed by atoms with Gasteiger partial charge in [-0.2, -0.15) is 0 Å². The summed E-state index contributed by atoms with van der Waals surface area (Å²) in [6.07, 6.45) is 0. The molecule has 0 aliphatic carbocycles. The lowest BCUT2D eigenvalue weighted by Gasteiger charge is -2.42. The Balaban J connectivity index is 4.58. The summed E-state index contributed by atoms with van der Waals surface area (Å²) in [5.41, 5.74) is 0. The first kappa shape index (κ1) is 14.0. The van der Waals surface area contributed by atoms with E-state index in [4.69, 9.17) is 0 Å². The molecule has 0 nitrogen and oxygen atoms in total. The molecule has 0 aromatic rings. The molecule has 0 N–H and O–H groups in total. The van der Waals surface area contributed by atoms with Crippen molar-refractivity contribution in [2.24, 2.45) is 0 Å². The molecule has 0 aliphatic heterocycles. The molecule has 0 rings (SSSR count). The third-order valence-corrected chi connectivity index (χ3v) is 9.79. The Morgan fingerprint density at radius 1 is 0.846 bits per heavy atom. The average molecular weight is 216 g/mol.